The topological polar surface area (TPSA) is 60.9 Å². The molecule has 4 rings (SSSR count). The van der Waals surface area contributed by atoms with Crippen molar-refractivity contribution in [3.05, 3.63) is 17.6 Å². The Morgan fingerprint density at radius 3 is 2.90 bits per heavy atom. The van der Waals surface area contributed by atoms with Crippen LogP contribution in [0.25, 0.3) is 15.7 Å². The molecule has 7 heteroatoms. The fourth-order valence-electron chi connectivity index (χ4n) is 2.43. The van der Waals surface area contributed by atoms with E-state index >= 15 is 0 Å². The van der Waals surface area contributed by atoms with Crippen LogP contribution in [0.3, 0.4) is 0 Å². The summed E-state index contributed by atoms with van der Waals surface area (Å²) in [5, 5.41) is 18.7. The number of aryl methyl sites for hydroxylation is 2. The second-order valence-electron chi connectivity index (χ2n) is 5.33. The van der Waals surface area contributed by atoms with Gasteiger partial charge in [0.1, 0.15) is 0 Å². The van der Waals surface area contributed by atoms with Gasteiger partial charge in [0.25, 0.3) is 0 Å². The molecular weight excluding hydrogens is 272 g/mol. The van der Waals surface area contributed by atoms with Crippen LogP contribution in [-0.4, -0.2) is 29.6 Å². The summed E-state index contributed by atoms with van der Waals surface area (Å²) in [7, 11) is 0. The van der Waals surface area contributed by atoms with E-state index in [2.05, 4.69) is 28.3 Å². The van der Waals surface area contributed by atoms with Gasteiger partial charge in [0, 0.05) is 12.5 Å². The Bertz CT molecular complexity index is 763. The van der Waals surface area contributed by atoms with Crippen LogP contribution in [0.2, 0.25) is 0 Å². The van der Waals surface area contributed by atoms with Crippen LogP contribution in [0, 0.1) is 6.92 Å². The third-order valence-corrected chi connectivity index (χ3v) is 4.44. The third kappa shape index (κ3) is 1.84. The summed E-state index contributed by atoms with van der Waals surface area (Å²) in [6, 6.07) is 2.10. The standard InChI is InChI=1S/C13H16N6S/c1-3-6-18-10(7-8(2)16-18)12-17-19-11(9-4-5-9)14-15-13(19)20-12/h7,9H,3-6H2,1-2H3. The van der Waals surface area contributed by atoms with Crippen molar-refractivity contribution >= 4 is 16.3 Å². The van der Waals surface area contributed by atoms with Crippen LogP contribution in [0.15, 0.2) is 6.07 Å². The first-order chi connectivity index (χ1) is 9.76. The van der Waals surface area contributed by atoms with Gasteiger partial charge in [-0.3, -0.25) is 4.68 Å². The van der Waals surface area contributed by atoms with E-state index in [1.54, 1.807) is 11.3 Å². The number of fused-ring (bicyclic) bond motifs is 1. The highest BCUT2D eigenvalue weighted by Crippen LogP contribution is 2.39. The number of rotatable bonds is 4. The monoisotopic (exact) mass is 288 g/mol. The zero-order chi connectivity index (χ0) is 13.7. The number of nitrogens with zero attached hydrogens (tertiary/aromatic N) is 6. The molecule has 0 aliphatic heterocycles. The maximum atomic E-state index is 4.71. The molecule has 1 fully saturated rings. The van der Waals surface area contributed by atoms with E-state index in [1.165, 1.54) is 12.8 Å². The zero-order valence-corrected chi connectivity index (χ0v) is 12.4. The number of aromatic nitrogens is 6. The number of hydrogen-bond acceptors (Lipinski definition) is 5. The van der Waals surface area contributed by atoms with Gasteiger partial charge in [-0.05, 0) is 32.3 Å². The summed E-state index contributed by atoms with van der Waals surface area (Å²) in [5.74, 6) is 1.57. The lowest BCUT2D eigenvalue weighted by Crippen LogP contribution is -2.02. The first kappa shape index (κ1) is 12.0. The maximum Gasteiger partial charge on any atom is 0.235 e. The van der Waals surface area contributed by atoms with Gasteiger partial charge in [-0.2, -0.15) is 14.7 Å². The Kier molecular flexibility index (Phi) is 2.63. The Morgan fingerprint density at radius 1 is 1.30 bits per heavy atom. The van der Waals surface area contributed by atoms with Crippen LogP contribution in [0.5, 0.6) is 0 Å². The van der Waals surface area contributed by atoms with E-state index in [4.69, 9.17) is 5.10 Å². The van der Waals surface area contributed by atoms with Crippen molar-refractivity contribution in [3.63, 3.8) is 0 Å². The predicted octanol–water partition coefficient (Wildman–Crippen LogP) is 2.65. The quantitative estimate of drug-likeness (QED) is 0.740. The minimum atomic E-state index is 0.558. The SMILES string of the molecule is CCCn1nc(C)cc1-c1nn2c(C3CC3)nnc2s1. The van der Waals surface area contributed by atoms with E-state index < -0.39 is 0 Å². The molecule has 0 spiro atoms. The molecule has 0 radical (unpaired) electrons. The summed E-state index contributed by atoms with van der Waals surface area (Å²) in [4.78, 5) is 0.879. The van der Waals surface area contributed by atoms with Crippen molar-refractivity contribution in [1.29, 1.82) is 0 Å². The summed E-state index contributed by atoms with van der Waals surface area (Å²) < 4.78 is 3.95. The van der Waals surface area contributed by atoms with Crippen molar-refractivity contribution in [1.82, 2.24) is 29.6 Å². The normalized spacial score (nSPS) is 15.3. The van der Waals surface area contributed by atoms with E-state index in [1.807, 2.05) is 16.1 Å². The molecule has 0 amide bonds. The highest BCUT2D eigenvalue weighted by Gasteiger charge is 2.30. The largest absolute Gasteiger partial charge is 0.262 e. The van der Waals surface area contributed by atoms with E-state index in [9.17, 15) is 0 Å². The molecule has 0 unspecified atom stereocenters. The summed E-state index contributed by atoms with van der Waals surface area (Å²) in [6.07, 6.45) is 3.48. The first-order valence-electron chi connectivity index (χ1n) is 7.03. The fourth-order valence-corrected chi connectivity index (χ4v) is 3.30. The van der Waals surface area contributed by atoms with E-state index in [0.29, 0.717) is 5.92 Å². The molecular formula is C13H16N6S. The molecule has 0 N–H and O–H groups in total. The second-order valence-corrected chi connectivity index (χ2v) is 6.28. The molecule has 6 nitrogen and oxygen atoms in total. The highest BCUT2D eigenvalue weighted by molar-refractivity contribution is 7.19. The average Bonchev–Trinajstić information content (AvgIpc) is 2.89. The van der Waals surface area contributed by atoms with Crippen molar-refractivity contribution in [2.24, 2.45) is 0 Å². The van der Waals surface area contributed by atoms with Crippen LogP contribution in [-0.2, 0) is 6.54 Å². The Labute approximate surface area is 120 Å². The lowest BCUT2D eigenvalue weighted by Gasteiger charge is -2.01. The molecule has 0 bridgehead atoms. The summed E-state index contributed by atoms with van der Waals surface area (Å²) in [6.45, 7) is 5.09. The molecule has 104 valence electrons. The minimum absolute atomic E-state index is 0.558. The third-order valence-electron chi connectivity index (χ3n) is 3.51. The molecule has 1 aliphatic rings. The van der Waals surface area contributed by atoms with E-state index in [-0.39, 0.29) is 0 Å². The number of hydrogen-bond donors (Lipinski definition) is 0. The Balaban J connectivity index is 1.81. The van der Waals surface area contributed by atoms with Crippen LogP contribution < -0.4 is 0 Å². The van der Waals surface area contributed by atoms with Gasteiger partial charge in [-0.1, -0.05) is 18.3 Å². The molecule has 0 saturated heterocycles. The van der Waals surface area contributed by atoms with Gasteiger partial charge in [0.05, 0.1) is 11.4 Å². The fraction of sp³-hybridized carbons (Fsp3) is 0.538. The molecule has 0 aromatic carbocycles. The van der Waals surface area contributed by atoms with Crippen LogP contribution in [0.1, 0.15) is 43.6 Å². The van der Waals surface area contributed by atoms with Crippen molar-refractivity contribution in [3.8, 4) is 10.7 Å². The molecule has 3 aromatic heterocycles. The van der Waals surface area contributed by atoms with E-state index in [0.717, 1.165) is 40.1 Å². The summed E-state index contributed by atoms with van der Waals surface area (Å²) >= 11 is 1.59. The molecule has 1 aliphatic carbocycles. The molecule has 3 heterocycles. The van der Waals surface area contributed by atoms with Gasteiger partial charge in [0.15, 0.2) is 10.8 Å². The molecule has 1 saturated carbocycles. The van der Waals surface area contributed by atoms with Crippen molar-refractivity contribution < 1.29 is 0 Å². The Morgan fingerprint density at radius 2 is 2.15 bits per heavy atom. The van der Waals surface area contributed by atoms with Gasteiger partial charge in [-0.25, -0.2) is 0 Å². The minimum Gasteiger partial charge on any atom is -0.262 e. The smallest absolute Gasteiger partial charge is 0.235 e. The zero-order valence-electron chi connectivity index (χ0n) is 11.6. The summed E-state index contributed by atoms with van der Waals surface area (Å²) in [5.41, 5.74) is 2.11. The molecule has 3 aromatic rings. The van der Waals surface area contributed by atoms with Gasteiger partial charge < -0.3 is 0 Å². The average molecular weight is 288 g/mol. The lowest BCUT2D eigenvalue weighted by atomic mass is 10.4. The van der Waals surface area contributed by atoms with Gasteiger partial charge >= 0.3 is 0 Å². The Hall–Kier alpha value is -1.76. The predicted molar refractivity (Wildman–Crippen MR) is 76.9 cm³/mol. The molecule has 20 heavy (non-hydrogen) atoms. The first-order valence-corrected chi connectivity index (χ1v) is 7.85. The lowest BCUT2D eigenvalue weighted by molar-refractivity contribution is 0.603. The van der Waals surface area contributed by atoms with Crippen LogP contribution in [0.4, 0.5) is 0 Å². The van der Waals surface area contributed by atoms with Crippen molar-refractivity contribution in [2.75, 3.05) is 0 Å². The second kappa shape index (κ2) is 4.37. The maximum absolute atomic E-state index is 4.71. The highest BCUT2D eigenvalue weighted by atomic mass is 32.1. The van der Waals surface area contributed by atoms with Crippen LogP contribution >= 0.6 is 11.3 Å². The van der Waals surface area contributed by atoms with Crippen molar-refractivity contribution in [2.45, 2.75) is 45.6 Å². The molecule has 0 atom stereocenters. The van der Waals surface area contributed by atoms with Gasteiger partial charge in [0.2, 0.25) is 4.96 Å². The van der Waals surface area contributed by atoms with Gasteiger partial charge in [-0.15, -0.1) is 10.2 Å².